The summed E-state index contributed by atoms with van der Waals surface area (Å²) in [6.07, 6.45) is 1.43. The lowest BCUT2D eigenvalue weighted by molar-refractivity contribution is 0.0926. The summed E-state index contributed by atoms with van der Waals surface area (Å²) in [5.74, 6) is 1.89. The van der Waals surface area contributed by atoms with Crippen LogP contribution in [0.2, 0.25) is 0 Å². The number of rotatable bonds is 3. The van der Waals surface area contributed by atoms with Crippen molar-refractivity contribution in [3.8, 4) is 0 Å². The second-order valence-electron chi connectivity index (χ2n) is 3.56. The molecule has 0 aromatic carbocycles. The highest BCUT2D eigenvalue weighted by Gasteiger charge is 2.07. The molecule has 0 saturated carbocycles. The van der Waals surface area contributed by atoms with Gasteiger partial charge >= 0.3 is 5.91 Å². The Balaban J connectivity index is 1.94. The Morgan fingerprint density at radius 1 is 1.18 bits per heavy atom. The molecule has 0 fully saturated rings. The molecule has 0 atom stereocenters. The second-order valence-corrected chi connectivity index (χ2v) is 3.56. The average Bonchev–Trinajstić information content (AvgIpc) is 2.88. The molecular weight excluding hydrogens is 220 g/mol. The number of furan rings is 2. The van der Waals surface area contributed by atoms with E-state index in [1.54, 1.807) is 25.1 Å². The van der Waals surface area contributed by atoms with E-state index in [0.29, 0.717) is 11.5 Å². The minimum absolute atomic E-state index is 0.232. The highest BCUT2D eigenvalue weighted by atomic mass is 16.4. The molecule has 0 aliphatic rings. The van der Waals surface area contributed by atoms with E-state index in [2.05, 4.69) is 10.5 Å². The number of carbonyl (C=O) groups excluding carboxylic acids is 1. The minimum atomic E-state index is -0.391. The van der Waals surface area contributed by atoms with Crippen molar-refractivity contribution in [1.29, 1.82) is 0 Å². The van der Waals surface area contributed by atoms with Crippen LogP contribution in [0.15, 0.2) is 38.2 Å². The molecule has 88 valence electrons. The van der Waals surface area contributed by atoms with Crippen molar-refractivity contribution in [2.75, 3.05) is 0 Å². The summed E-state index contributed by atoms with van der Waals surface area (Å²) in [4.78, 5) is 11.5. The molecule has 0 aliphatic heterocycles. The van der Waals surface area contributed by atoms with E-state index in [1.807, 2.05) is 13.0 Å². The zero-order chi connectivity index (χ0) is 12.3. The smallest absolute Gasteiger partial charge is 0.307 e. The first-order chi connectivity index (χ1) is 8.15. The predicted molar refractivity (Wildman–Crippen MR) is 62.0 cm³/mol. The third-order valence-corrected chi connectivity index (χ3v) is 2.08. The maximum Gasteiger partial charge on any atom is 0.307 e. The van der Waals surface area contributed by atoms with E-state index >= 15 is 0 Å². The third kappa shape index (κ3) is 2.84. The summed E-state index contributed by atoms with van der Waals surface area (Å²) in [7, 11) is 0. The summed E-state index contributed by atoms with van der Waals surface area (Å²) in [6.45, 7) is 3.60. The fraction of sp³-hybridized carbons (Fsp3) is 0.167. The molecule has 0 saturated heterocycles. The largest absolute Gasteiger partial charge is 0.460 e. The van der Waals surface area contributed by atoms with Gasteiger partial charge in [0.25, 0.3) is 0 Å². The highest BCUT2D eigenvalue weighted by Crippen LogP contribution is 2.06. The van der Waals surface area contributed by atoms with Gasteiger partial charge in [0.2, 0.25) is 0 Å². The van der Waals surface area contributed by atoms with Crippen molar-refractivity contribution in [3.05, 3.63) is 47.3 Å². The zero-order valence-corrected chi connectivity index (χ0v) is 9.56. The van der Waals surface area contributed by atoms with Gasteiger partial charge in [0, 0.05) is 0 Å². The predicted octanol–water partition coefficient (Wildman–Crippen LogP) is 2.25. The molecule has 2 aromatic rings. The van der Waals surface area contributed by atoms with Crippen molar-refractivity contribution < 1.29 is 13.6 Å². The molecule has 2 aromatic heterocycles. The van der Waals surface area contributed by atoms with Gasteiger partial charge in [0.05, 0.1) is 6.21 Å². The van der Waals surface area contributed by atoms with Gasteiger partial charge in [0.1, 0.15) is 17.3 Å². The Hall–Kier alpha value is -2.30. The van der Waals surface area contributed by atoms with E-state index in [0.717, 1.165) is 5.76 Å². The molecule has 0 aliphatic carbocycles. The van der Waals surface area contributed by atoms with Crippen LogP contribution in [0.1, 0.15) is 27.8 Å². The lowest BCUT2D eigenvalue weighted by Crippen LogP contribution is -2.16. The second kappa shape index (κ2) is 4.69. The van der Waals surface area contributed by atoms with Gasteiger partial charge in [-0.3, -0.25) is 4.79 Å². The summed E-state index contributed by atoms with van der Waals surface area (Å²) in [6, 6.07) is 6.90. The summed E-state index contributed by atoms with van der Waals surface area (Å²) < 4.78 is 10.4. The summed E-state index contributed by atoms with van der Waals surface area (Å²) >= 11 is 0. The number of hydrazone groups is 1. The molecule has 0 bridgehead atoms. The zero-order valence-electron chi connectivity index (χ0n) is 9.56. The fourth-order valence-corrected chi connectivity index (χ4v) is 1.29. The molecule has 2 heterocycles. The first-order valence-corrected chi connectivity index (χ1v) is 5.11. The molecular formula is C12H12N2O3. The van der Waals surface area contributed by atoms with Crippen LogP contribution in [0.4, 0.5) is 0 Å². The minimum Gasteiger partial charge on any atom is -0.460 e. The number of nitrogens with one attached hydrogen (secondary N) is 1. The molecule has 0 unspecified atom stereocenters. The quantitative estimate of drug-likeness (QED) is 0.651. The Bertz CT molecular complexity index is 552. The fourth-order valence-electron chi connectivity index (χ4n) is 1.29. The van der Waals surface area contributed by atoms with Crippen LogP contribution in [0.25, 0.3) is 0 Å². The van der Waals surface area contributed by atoms with Crippen LogP contribution in [0, 0.1) is 13.8 Å². The monoisotopic (exact) mass is 232 g/mol. The Morgan fingerprint density at radius 2 is 1.88 bits per heavy atom. The van der Waals surface area contributed by atoms with Gasteiger partial charge in [-0.15, -0.1) is 0 Å². The number of aryl methyl sites for hydroxylation is 2. The van der Waals surface area contributed by atoms with Gasteiger partial charge < -0.3 is 8.83 Å². The number of amides is 1. The molecule has 1 amide bonds. The first-order valence-electron chi connectivity index (χ1n) is 5.11. The molecule has 2 rings (SSSR count). The third-order valence-electron chi connectivity index (χ3n) is 2.08. The Morgan fingerprint density at radius 3 is 2.47 bits per heavy atom. The van der Waals surface area contributed by atoms with Gasteiger partial charge in [-0.1, -0.05) is 0 Å². The van der Waals surface area contributed by atoms with Gasteiger partial charge in [-0.25, -0.2) is 5.43 Å². The maximum absolute atomic E-state index is 11.5. The normalized spacial score (nSPS) is 10.9. The lowest BCUT2D eigenvalue weighted by atomic mass is 10.4. The Labute approximate surface area is 98.1 Å². The van der Waals surface area contributed by atoms with Crippen LogP contribution in [0.5, 0.6) is 0 Å². The van der Waals surface area contributed by atoms with Crippen LogP contribution >= 0.6 is 0 Å². The highest BCUT2D eigenvalue weighted by molar-refractivity contribution is 5.92. The maximum atomic E-state index is 11.5. The molecule has 5 heteroatoms. The van der Waals surface area contributed by atoms with Crippen LogP contribution in [0.3, 0.4) is 0 Å². The average molecular weight is 232 g/mol. The van der Waals surface area contributed by atoms with Crippen molar-refractivity contribution in [3.63, 3.8) is 0 Å². The number of nitrogens with zero attached hydrogens (tertiary/aromatic N) is 1. The van der Waals surface area contributed by atoms with E-state index in [1.165, 1.54) is 6.21 Å². The standard InChI is InChI=1S/C12H12N2O3/c1-8-3-5-10(16-8)7-13-14-12(15)11-6-4-9(2)17-11/h3-7H,1-2H3,(H,14,15)/b13-7+. The number of hydrogen-bond donors (Lipinski definition) is 1. The Kier molecular flexibility index (Phi) is 3.09. The van der Waals surface area contributed by atoms with E-state index in [-0.39, 0.29) is 5.76 Å². The number of hydrogen-bond acceptors (Lipinski definition) is 4. The van der Waals surface area contributed by atoms with Crippen LogP contribution in [-0.2, 0) is 0 Å². The van der Waals surface area contributed by atoms with Crippen molar-refractivity contribution >= 4 is 12.1 Å². The lowest BCUT2D eigenvalue weighted by Gasteiger charge is -1.94. The van der Waals surface area contributed by atoms with E-state index in [4.69, 9.17) is 8.83 Å². The van der Waals surface area contributed by atoms with Gasteiger partial charge in [-0.05, 0) is 38.1 Å². The summed E-state index contributed by atoms with van der Waals surface area (Å²) in [5.41, 5.74) is 2.35. The van der Waals surface area contributed by atoms with E-state index < -0.39 is 5.91 Å². The number of carbonyl (C=O) groups is 1. The molecule has 5 nitrogen and oxygen atoms in total. The van der Waals surface area contributed by atoms with Crippen molar-refractivity contribution in [1.82, 2.24) is 5.43 Å². The summed E-state index contributed by atoms with van der Waals surface area (Å²) in [5, 5.41) is 3.76. The molecule has 17 heavy (non-hydrogen) atoms. The molecule has 0 radical (unpaired) electrons. The first kappa shape index (κ1) is 11.2. The SMILES string of the molecule is Cc1ccc(/C=N/NC(=O)c2ccc(C)o2)o1. The van der Waals surface area contributed by atoms with Crippen LogP contribution in [-0.4, -0.2) is 12.1 Å². The van der Waals surface area contributed by atoms with Gasteiger partial charge in [0.15, 0.2) is 5.76 Å². The van der Waals surface area contributed by atoms with Crippen molar-refractivity contribution in [2.45, 2.75) is 13.8 Å². The van der Waals surface area contributed by atoms with E-state index in [9.17, 15) is 4.79 Å². The molecule has 1 N–H and O–H groups in total. The topological polar surface area (TPSA) is 67.7 Å². The molecule has 0 spiro atoms. The van der Waals surface area contributed by atoms with Crippen LogP contribution < -0.4 is 5.43 Å². The van der Waals surface area contributed by atoms with Gasteiger partial charge in [-0.2, -0.15) is 5.10 Å². The van der Waals surface area contributed by atoms with Crippen molar-refractivity contribution in [2.24, 2.45) is 5.10 Å².